The molecule has 0 amide bonds. The van der Waals surface area contributed by atoms with Crippen LogP contribution in [0.1, 0.15) is 11.3 Å². The number of carboxylic acids is 1. The average Bonchev–Trinajstić information content (AvgIpc) is 2.80. The summed E-state index contributed by atoms with van der Waals surface area (Å²) in [6.45, 7) is 1.96. The van der Waals surface area contributed by atoms with E-state index >= 15 is 0 Å². The molecule has 0 aliphatic carbocycles. The lowest BCUT2D eigenvalue weighted by Crippen LogP contribution is -2.04. The molecule has 3 aromatic heterocycles. The summed E-state index contributed by atoms with van der Waals surface area (Å²) in [6.07, 6.45) is 5.13. The van der Waals surface area contributed by atoms with Gasteiger partial charge in [-0.1, -0.05) is 6.07 Å². The number of hydrogen-bond acceptors (Lipinski definition) is 3. The molecule has 100 valence electrons. The molecule has 0 aliphatic heterocycles. The zero-order chi connectivity index (χ0) is 14.1. The SMILES string of the molecule is Cc1cccn2c(CC(=O)O)c(-c3ccncc3)nc12. The number of pyridine rings is 2. The van der Waals surface area contributed by atoms with Gasteiger partial charge in [0.05, 0.1) is 17.8 Å². The smallest absolute Gasteiger partial charge is 0.309 e. The van der Waals surface area contributed by atoms with Crippen LogP contribution in [0.15, 0.2) is 42.9 Å². The number of carboxylic acid groups (broad SMARTS) is 1. The number of fused-ring (bicyclic) bond motifs is 1. The number of carbonyl (C=O) groups is 1. The van der Waals surface area contributed by atoms with Crippen molar-refractivity contribution in [1.29, 1.82) is 0 Å². The first-order chi connectivity index (χ1) is 9.66. The van der Waals surface area contributed by atoms with E-state index in [9.17, 15) is 4.79 Å². The summed E-state index contributed by atoms with van der Waals surface area (Å²) in [5.41, 5.74) is 4.06. The maximum absolute atomic E-state index is 11.1. The predicted molar refractivity (Wildman–Crippen MR) is 74.5 cm³/mol. The maximum atomic E-state index is 11.1. The van der Waals surface area contributed by atoms with Gasteiger partial charge in [0.1, 0.15) is 5.65 Å². The Morgan fingerprint density at radius 3 is 2.75 bits per heavy atom. The molecule has 5 nitrogen and oxygen atoms in total. The van der Waals surface area contributed by atoms with Gasteiger partial charge in [0.15, 0.2) is 0 Å². The Balaban J connectivity index is 2.30. The van der Waals surface area contributed by atoms with Crippen LogP contribution in [0.4, 0.5) is 0 Å². The van der Waals surface area contributed by atoms with E-state index in [-0.39, 0.29) is 6.42 Å². The zero-order valence-corrected chi connectivity index (χ0v) is 10.9. The Hall–Kier alpha value is -2.69. The normalized spacial score (nSPS) is 10.8. The van der Waals surface area contributed by atoms with Crippen molar-refractivity contribution in [3.63, 3.8) is 0 Å². The van der Waals surface area contributed by atoms with Gasteiger partial charge in [0, 0.05) is 24.2 Å². The summed E-state index contributed by atoms with van der Waals surface area (Å²) in [7, 11) is 0. The highest BCUT2D eigenvalue weighted by Gasteiger charge is 2.17. The summed E-state index contributed by atoms with van der Waals surface area (Å²) in [5.74, 6) is -0.872. The van der Waals surface area contributed by atoms with Crippen molar-refractivity contribution in [3.05, 3.63) is 54.1 Å². The molecule has 0 aliphatic rings. The lowest BCUT2D eigenvalue weighted by atomic mass is 10.1. The number of hydrogen-bond donors (Lipinski definition) is 1. The number of nitrogens with zero attached hydrogens (tertiary/aromatic N) is 3. The fourth-order valence-corrected chi connectivity index (χ4v) is 2.31. The molecule has 0 saturated heterocycles. The number of aryl methyl sites for hydroxylation is 1. The summed E-state index contributed by atoms with van der Waals surface area (Å²) in [6, 6.07) is 7.53. The summed E-state index contributed by atoms with van der Waals surface area (Å²) < 4.78 is 1.85. The van der Waals surface area contributed by atoms with E-state index in [1.54, 1.807) is 12.4 Å². The van der Waals surface area contributed by atoms with Gasteiger partial charge >= 0.3 is 5.97 Å². The largest absolute Gasteiger partial charge is 0.481 e. The molecule has 0 unspecified atom stereocenters. The molecule has 3 heterocycles. The lowest BCUT2D eigenvalue weighted by Gasteiger charge is -2.02. The first-order valence-electron chi connectivity index (χ1n) is 6.25. The van der Waals surface area contributed by atoms with Gasteiger partial charge in [-0.2, -0.15) is 0 Å². The van der Waals surface area contributed by atoms with Gasteiger partial charge in [0.25, 0.3) is 0 Å². The zero-order valence-electron chi connectivity index (χ0n) is 10.9. The van der Waals surface area contributed by atoms with Crippen LogP contribution < -0.4 is 0 Å². The van der Waals surface area contributed by atoms with Crippen LogP contribution in [0.3, 0.4) is 0 Å². The van der Waals surface area contributed by atoms with E-state index in [0.717, 1.165) is 16.8 Å². The van der Waals surface area contributed by atoms with Crippen LogP contribution >= 0.6 is 0 Å². The van der Waals surface area contributed by atoms with Crippen LogP contribution in [-0.2, 0) is 11.2 Å². The fourth-order valence-electron chi connectivity index (χ4n) is 2.31. The summed E-state index contributed by atoms with van der Waals surface area (Å²) in [5, 5.41) is 9.13. The van der Waals surface area contributed by atoms with Crippen molar-refractivity contribution >= 4 is 11.6 Å². The fraction of sp³-hybridized carbons (Fsp3) is 0.133. The quantitative estimate of drug-likeness (QED) is 0.790. The van der Waals surface area contributed by atoms with Crippen LogP contribution in [-0.4, -0.2) is 25.4 Å². The number of rotatable bonds is 3. The summed E-state index contributed by atoms with van der Waals surface area (Å²) >= 11 is 0. The van der Waals surface area contributed by atoms with Crippen LogP contribution in [0.2, 0.25) is 0 Å². The second-order valence-electron chi connectivity index (χ2n) is 4.60. The highest BCUT2D eigenvalue weighted by Crippen LogP contribution is 2.25. The highest BCUT2D eigenvalue weighted by atomic mass is 16.4. The highest BCUT2D eigenvalue weighted by molar-refractivity contribution is 5.76. The van der Waals surface area contributed by atoms with Crippen molar-refractivity contribution in [1.82, 2.24) is 14.4 Å². The van der Waals surface area contributed by atoms with Gasteiger partial charge in [-0.05, 0) is 30.7 Å². The molecule has 0 bridgehead atoms. The van der Waals surface area contributed by atoms with E-state index in [4.69, 9.17) is 5.11 Å². The maximum Gasteiger partial charge on any atom is 0.309 e. The van der Waals surface area contributed by atoms with E-state index in [0.29, 0.717) is 11.4 Å². The van der Waals surface area contributed by atoms with Gasteiger partial charge in [-0.3, -0.25) is 9.78 Å². The van der Waals surface area contributed by atoms with Gasteiger partial charge in [0.2, 0.25) is 0 Å². The average molecular weight is 267 g/mol. The van der Waals surface area contributed by atoms with Gasteiger partial charge < -0.3 is 9.51 Å². The Bertz CT molecular complexity index is 778. The van der Waals surface area contributed by atoms with Crippen molar-refractivity contribution in [2.45, 2.75) is 13.3 Å². The van der Waals surface area contributed by atoms with Crippen molar-refractivity contribution < 1.29 is 9.90 Å². The van der Waals surface area contributed by atoms with Crippen molar-refractivity contribution in [2.75, 3.05) is 0 Å². The topological polar surface area (TPSA) is 67.5 Å². The number of aromatic nitrogens is 3. The summed E-state index contributed by atoms with van der Waals surface area (Å²) in [4.78, 5) is 19.7. The second kappa shape index (κ2) is 4.77. The van der Waals surface area contributed by atoms with Gasteiger partial charge in [-0.15, -0.1) is 0 Å². The molecule has 3 rings (SSSR count). The second-order valence-corrected chi connectivity index (χ2v) is 4.60. The third-order valence-corrected chi connectivity index (χ3v) is 3.22. The number of aliphatic carboxylic acids is 1. The minimum absolute atomic E-state index is 0.0672. The Labute approximate surface area is 115 Å². The van der Waals surface area contributed by atoms with E-state index in [1.807, 2.05) is 41.8 Å². The first kappa shape index (κ1) is 12.3. The molecule has 0 spiro atoms. The molecule has 0 atom stereocenters. The molecule has 0 saturated carbocycles. The third kappa shape index (κ3) is 2.03. The molecular formula is C15H13N3O2. The lowest BCUT2D eigenvalue weighted by molar-refractivity contribution is -0.136. The minimum Gasteiger partial charge on any atom is -0.481 e. The van der Waals surface area contributed by atoms with Crippen LogP contribution in [0.5, 0.6) is 0 Å². The molecule has 1 N–H and O–H groups in total. The molecular weight excluding hydrogens is 254 g/mol. The predicted octanol–water partition coefficient (Wildman–Crippen LogP) is 2.33. The standard InChI is InChI=1S/C15H13N3O2/c1-10-3-2-8-18-12(9-13(19)20)14(17-15(10)18)11-4-6-16-7-5-11/h2-8H,9H2,1H3,(H,19,20). The number of imidazole rings is 1. The van der Waals surface area contributed by atoms with Crippen molar-refractivity contribution in [3.8, 4) is 11.3 Å². The van der Waals surface area contributed by atoms with E-state index in [2.05, 4.69) is 9.97 Å². The van der Waals surface area contributed by atoms with Gasteiger partial charge in [-0.25, -0.2) is 4.98 Å². The molecule has 5 heteroatoms. The Morgan fingerprint density at radius 1 is 1.30 bits per heavy atom. The van der Waals surface area contributed by atoms with Crippen molar-refractivity contribution in [2.24, 2.45) is 0 Å². The third-order valence-electron chi connectivity index (χ3n) is 3.22. The first-order valence-corrected chi connectivity index (χ1v) is 6.25. The Morgan fingerprint density at radius 2 is 2.05 bits per heavy atom. The molecule has 20 heavy (non-hydrogen) atoms. The molecule has 3 aromatic rings. The Kier molecular flexibility index (Phi) is 2.95. The molecule has 0 fully saturated rings. The van der Waals surface area contributed by atoms with E-state index < -0.39 is 5.97 Å². The van der Waals surface area contributed by atoms with E-state index in [1.165, 1.54) is 0 Å². The monoisotopic (exact) mass is 267 g/mol. The molecule has 0 aromatic carbocycles. The minimum atomic E-state index is -0.872. The van der Waals surface area contributed by atoms with Crippen LogP contribution in [0.25, 0.3) is 16.9 Å². The molecule has 0 radical (unpaired) electrons. The van der Waals surface area contributed by atoms with Crippen LogP contribution in [0, 0.1) is 6.92 Å².